The van der Waals surface area contributed by atoms with Gasteiger partial charge in [-0.3, -0.25) is 9.59 Å². The standard InChI is InChI=1S/C22H29N5O4S2/c1-15-6-9-20(32-15)33(30,31)27-11-3-5-17(14-27)22(29)25-18-7-8-19(24-12-18)26-10-2-4-16(13-26)21(23)28/h6-9,12,16-17H,2-5,10-11,13-14H2,1H3,(H2,23,28)(H,25,29). The Hall–Kier alpha value is -2.50. The van der Waals surface area contributed by atoms with Gasteiger partial charge in [0.25, 0.3) is 10.0 Å². The smallest absolute Gasteiger partial charge is 0.252 e. The minimum absolute atomic E-state index is 0.166. The highest BCUT2D eigenvalue weighted by molar-refractivity contribution is 7.91. The lowest BCUT2D eigenvalue weighted by atomic mass is 9.97. The molecule has 0 spiro atoms. The molecule has 178 valence electrons. The molecule has 2 unspecified atom stereocenters. The summed E-state index contributed by atoms with van der Waals surface area (Å²) < 4.78 is 27.6. The quantitative estimate of drug-likeness (QED) is 0.638. The summed E-state index contributed by atoms with van der Waals surface area (Å²) in [7, 11) is -3.59. The van der Waals surface area contributed by atoms with E-state index in [1.54, 1.807) is 24.4 Å². The monoisotopic (exact) mass is 491 g/mol. The molecular formula is C22H29N5O4S2. The van der Waals surface area contributed by atoms with Crippen LogP contribution in [-0.2, 0) is 19.6 Å². The molecule has 2 aromatic heterocycles. The zero-order valence-corrected chi connectivity index (χ0v) is 20.2. The number of rotatable bonds is 6. The lowest BCUT2D eigenvalue weighted by Gasteiger charge is -2.32. The number of hydrogen-bond donors (Lipinski definition) is 2. The summed E-state index contributed by atoms with van der Waals surface area (Å²) >= 11 is 1.25. The first-order chi connectivity index (χ1) is 15.7. The van der Waals surface area contributed by atoms with E-state index < -0.39 is 15.9 Å². The lowest BCUT2D eigenvalue weighted by Crippen LogP contribution is -2.43. The van der Waals surface area contributed by atoms with Gasteiger partial charge in [0.15, 0.2) is 0 Å². The van der Waals surface area contributed by atoms with Crippen LogP contribution in [0, 0.1) is 18.8 Å². The van der Waals surface area contributed by atoms with Gasteiger partial charge in [-0.05, 0) is 56.9 Å². The van der Waals surface area contributed by atoms with Crippen molar-refractivity contribution in [1.29, 1.82) is 0 Å². The summed E-state index contributed by atoms with van der Waals surface area (Å²) in [6.07, 6.45) is 4.52. The summed E-state index contributed by atoms with van der Waals surface area (Å²) in [5.74, 6) is -0.365. The van der Waals surface area contributed by atoms with E-state index in [4.69, 9.17) is 5.73 Å². The molecule has 11 heteroatoms. The minimum Gasteiger partial charge on any atom is -0.369 e. The molecule has 0 aliphatic carbocycles. The van der Waals surface area contributed by atoms with E-state index in [9.17, 15) is 18.0 Å². The van der Waals surface area contributed by atoms with Gasteiger partial charge < -0.3 is 16.0 Å². The third kappa shape index (κ3) is 5.36. The number of nitrogens with zero attached hydrogens (tertiary/aromatic N) is 3. The van der Waals surface area contributed by atoms with Gasteiger partial charge in [0, 0.05) is 31.1 Å². The van der Waals surface area contributed by atoms with Gasteiger partial charge >= 0.3 is 0 Å². The van der Waals surface area contributed by atoms with Crippen LogP contribution in [0.3, 0.4) is 0 Å². The van der Waals surface area contributed by atoms with Crippen LogP contribution in [0.15, 0.2) is 34.7 Å². The van der Waals surface area contributed by atoms with Gasteiger partial charge in [-0.1, -0.05) is 0 Å². The van der Waals surface area contributed by atoms with Crippen molar-refractivity contribution in [3.05, 3.63) is 35.3 Å². The number of pyridine rings is 1. The summed E-state index contributed by atoms with van der Waals surface area (Å²) in [4.78, 5) is 31.8. The summed E-state index contributed by atoms with van der Waals surface area (Å²) in [5.41, 5.74) is 6.01. The molecule has 2 aromatic rings. The SMILES string of the molecule is Cc1ccc(S(=O)(=O)N2CCCC(C(=O)Nc3ccc(N4CCCC(C(N)=O)C4)nc3)C2)s1. The number of nitrogens with two attached hydrogens (primary N) is 1. The number of anilines is 2. The van der Waals surface area contributed by atoms with Crippen LogP contribution in [0.2, 0.25) is 0 Å². The van der Waals surface area contributed by atoms with Crippen molar-refractivity contribution in [2.45, 2.75) is 36.8 Å². The zero-order chi connectivity index (χ0) is 23.6. The molecular weight excluding hydrogens is 462 g/mol. The molecule has 4 heterocycles. The Bertz CT molecular complexity index is 1120. The molecule has 2 atom stereocenters. The number of nitrogens with one attached hydrogen (secondary N) is 1. The second-order valence-corrected chi connectivity index (χ2v) is 12.1. The summed E-state index contributed by atoms with van der Waals surface area (Å²) in [5, 5.41) is 2.87. The predicted octanol–water partition coefficient (Wildman–Crippen LogP) is 2.19. The fraction of sp³-hybridized carbons (Fsp3) is 0.500. The molecule has 2 saturated heterocycles. The highest BCUT2D eigenvalue weighted by atomic mass is 32.2. The number of aromatic nitrogens is 1. The second kappa shape index (κ2) is 9.78. The Morgan fingerprint density at radius 3 is 2.52 bits per heavy atom. The number of carbonyl (C=O) groups is 2. The average Bonchev–Trinajstić information content (AvgIpc) is 3.27. The van der Waals surface area contributed by atoms with Gasteiger partial charge in [0.05, 0.1) is 23.7 Å². The van der Waals surface area contributed by atoms with Crippen LogP contribution < -0.4 is 16.0 Å². The third-order valence-corrected chi connectivity index (χ3v) is 9.56. The van der Waals surface area contributed by atoms with Gasteiger partial charge in [-0.15, -0.1) is 11.3 Å². The number of hydrogen-bond acceptors (Lipinski definition) is 7. The first-order valence-electron chi connectivity index (χ1n) is 11.1. The number of carbonyl (C=O) groups excluding carboxylic acids is 2. The van der Waals surface area contributed by atoms with E-state index in [-0.39, 0.29) is 24.3 Å². The van der Waals surface area contributed by atoms with Crippen molar-refractivity contribution < 1.29 is 18.0 Å². The number of thiophene rings is 1. The number of sulfonamides is 1. The fourth-order valence-electron chi connectivity index (χ4n) is 4.36. The van der Waals surface area contributed by atoms with E-state index in [0.717, 1.165) is 30.1 Å². The van der Waals surface area contributed by atoms with Crippen molar-refractivity contribution in [2.24, 2.45) is 17.6 Å². The Labute approximate surface area is 198 Å². The minimum atomic E-state index is -3.59. The summed E-state index contributed by atoms with van der Waals surface area (Å²) in [6.45, 7) is 3.81. The topological polar surface area (TPSA) is 126 Å². The average molecular weight is 492 g/mol. The lowest BCUT2D eigenvalue weighted by molar-refractivity contribution is -0.122. The van der Waals surface area contributed by atoms with Crippen molar-refractivity contribution in [2.75, 3.05) is 36.4 Å². The Morgan fingerprint density at radius 2 is 1.85 bits per heavy atom. The van der Waals surface area contributed by atoms with Crippen LogP contribution in [0.25, 0.3) is 0 Å². The Balaban J connectivity index is 1.37. The van der Waals surface area contributed by atoms with Gasteiger partial charge in [-0.2, -0.15) is 4.31 Å². The summed E-state index contributed by atoms with van der Waals surface area (Å²) in [6, 6.07) is 7.01. The van der Waals surface area contributed by atoms with Crippen molar-refractivity contribution >= 4 is 44.7 Å². The largest absolute Gasteiger partial charge is 0.369 e. The van der Waals surface area contributed by atoms with E-state index >= 15 is 0 Å². The molecule has 4 rings (SSSR count). The van der Waals surface area contributed by atoms with E-state index in [2.05, 4.69) is 10.3 Å². The van der Waals surface area contributed by atoms with Gasteiger partial charge in [0.1, 0.15) is 10.0 Å². The molecule has 0 saturated carbocycles. The fourth-order valence-corrected chi connectivity index (χ4v) is 7.32. The highest BCUT2D eigenvalue weighted by Gasteiger charge is 2.34. The van der Waals surface area contributed by atoms with E-state index in [0.29, 0.717) is 35.8 Å². The molecule has 3 N–H and O–H groups in total. The van der Waals surface area contributed by atoms with Crippen LogP contribution in [0.4, 0.5) is 11.5 Å². The van der Waals surface area contributed by atoms with Crippen LogP contribution in [-0.4, -0.2) is 55.7 Å². The van der Waals surface area contributed by atoms with Gasteiger partial charge in [0.2, 0.25) is 11.8 Å². The van der Waals surface area contributed by atoms with Crippen molar-refractivity contribution in [3.8, 4) is 0 Å². The number of amides is 2. The molecule has 2 aliphatic rings. The second-order valence-electron chi connectivity index (χ2n) is 8.65. The van der Waals surface area contributed by atoms with E-state index in [1.807, 2.05) is 17.9 Å². The molecule has 2 fully saturated rings. The zero-order valence-electron chi connectivity index (χ0n) is 18.6. The first-order valence-corrected chi connectivity index (χ1v) is 13.4. The van der Waals surface area contributed by atoms with Crippen LogP contribution in [0.5, 0.6) is 0 Å². The molecule has 0 aromatic carbocycles. The van der Waals surface area contributed by atoms with Crippen molar-refractivity contribution in [3.63, 3.8) is 0 Å². The number of piperidine rings is 2. The Morgan fingerprint density at radius 1 is 1.09 bits per heavy atom. The molecule has 0 radical (unpaired) electrons. The molecule has 9 nitrogen and oxygen atoms in total. The van der Waals surface area contributed by atoms with Gasteiger partial charge in [-0.25, -0.2) is 13.4 Å². The molecule has 2 aliphatic heterocycles. The first kappa shape index (κ1) is 23.7. The maximum atomic E-state index is 12.9. The third-order valence-electron chi connectivity index (χ3n) is 6.23. The molecule has 0 bridgehead atoms. The maximum Gasteiger partial charge on any atom is 0.252 e. The highest BCUT2D eigenvalue weighted by Crippen LogP contribution is 2.29. The molecule has 33 heavy (non-hydrogen) atoms. The van der Waals surface area contributed by atoms with Crippen LogP contribution in [0.1, 0.15) is 30.6 Å². The number of primary amides is 1. The predicted molar refractivity (Wildman–Crippen MR) is 128 cm³/mol. The number of aryl methyl sites for hydroxylation is 1. The maximum absolute atomic E-state index is 12.9. The molecule has 2 amide bonds. The normalized spacial score (nSPS) is 22.2. The Kier molecular flexibility index (Phi) is 7.01. The van der Waals surface area contributed by atoms with Crippen LogP contribution >= 0.6 is 11.3 Å². The van der Waals surface area contributed by atoms with Crippen molar-refractivity contribution in [1.82, 2.24) is 9.29 Å². The van der Waals surface area contributed by atoms with E-state index in [1.165, 1.54) is 15.6 Å².